The van der Waals surface area contributed by atoms with Gasteiger partial charge in [-0.05, 0) is 115 Å². The molecule has 0 aliphatic rings. The zero-order valence-corrected chi connectivity index (χ0v) is 32.0. The molecular weight excluding hydrogens is 723 g/mol. The first-order valence-electron chi connectivity index (χ1n) is 19.8. The second-order valence-corrected chi connectivity index (χ2v) is 14.6. The van der Waals surface area contributed by atoms with E-state index >= 15 is 0 Å². The number of fused-ring (bicyclic) bond motifs is 6. The second-order valence-electron chi connectivity index (χ2n) is 14.6. The molecule has 9 aromatic carbocycles. The van der Waals surface area contributed by atoms with Gasteiger partial charge in [0, 0.05) is 55.7 Å². The van der Waals surface area contributed by atoms with E-state index in [0.717, 1.165) is 95.1 Å². The summed E-state index contributed by atoms with van der Waals surface area (Å²) in [5.41, 5.74) is 12.6. The molecule has 5 nitrogen and oxygen atoms in total. The Morgan fingerprint density at radius 2 is 0.492 bits per heavy atom. The molecule has 0 N–H and O–H groups in total. The predicted molar refractivity (Wildman–Crippen MR) is 245 cm³/mol. The summed E-state index contributed by atoms with van der Waals surface area (Å²) in [5, 5.41) is 4.31. The molecule has 0 unspecified atom stereocenters. The van der Waals surface area contributed by atoms with Crippen molar-refractivity contribution < 1.29 is 8.83 Å². The van der Waals surface area contributed by atoms with Crippen LogP contribution >= 0.6 is 0 Å². The predicted octanol–water partition coefficient (Wildman–Crippen LogP) is 15.9. The van der Waals surface area contributed by atoms with Gasteiger partial charge in [-0.1, -0.05) is 109 Å². The molecule has 5 heteroatoms. The highest BCUT2D eigenvalue weighted by molar-refractivity contribution is 6.08. The summed E-state index contributed by atoms with van der Waals surface area (Å²) < 4.78 is 12.6. The smallest absolute Gasteiger partial charge is 0.135 e. The van der Waals surface area contributed by atoms with Crippen molar-refractivity contribution in [3.8, 4) is 0 Å². The van der Waals surface area contributed by atoms with Crippen LogP contribution in [0.3, 0.4) is 0 Å². The molecule has 0 amide bonds. The number of hydrogen-bond acceptors (Lipinski definition) is 5. The lowest BCUT2D eigenvalue weighted by molar-refractivity contribution is 0.668. The van der Waals surface area contributed by atoms with E-state index in [1.165, 1.54) is 0 Å². The van der Waals surface area contributed by atoms with Crippen LogP contribution in [0.4, 0.5) is 51.2 Å². The van der Waals surface area contributed by atoms with Crippen molar-refractivity contribution in [1.29, 1.82) is 0 Å². The van der Waals surface area contributed by atoms with Crippen molar-refractivity contribution in [3.63, 3.8) is 0 Å². The van der Waals surface area contributed by atoms with E-state index < -0.39 is 0 Å². The van der Waals surface area contributed by atoms with E-state index in [-0.39, 0.29) is 0 Å². The van der Waals surface area contributed by atoms with Crippen LogP contribution in [0, 0.1) is 0 Å². The molecular formula is C54H37N3O2. The SMILES string of the molecule is c1ccc(N(c2ccccc2)c2cc(N(c3ccccc3)c3ccc4oc5ccccc5c4c3)cc(N(c3ccccc3)c3ccc4oc5ccccc5c4c3)c2)cc1. The largest absolute Gasteiger partial charge is 0.456 e. The van der Waals surface area contributed by atoms with Crippen molar-refractivity contribution >= 4 is 95.1 Å². The quantitative estimate of drug-likeness (QED) is 0.146. The minimum atomic E-state index is 0.856. The average molecular weight is 760 g/mol. The molecule has 0 aliphatic heterocycles. The maximum atomic E-state index is 6.31. The molecule has 0 radical (unpaired) electrons. The number of furan rings is 2. The molecule has 2 aromatic heterocycles. The Morgan fingerprint density at radius 1 is 0.203 bits per heavy atom. The van der Waals surface area contributed by atoms with Gasteiger partial charge >= 0.3 is 0 Å². The summed E-state index contributed by atoms with van der Waals surface area (Å²) in [5.74, 6) is 0. The Balaban J connectivity index is 1.20. The van der Waals surface area contributed by atoms with Crippen molar-refractivity contribution in [3.05, 3.63) is 224 Å². The monoisotopic (exact) mass is 759 g/mol. The van der Waals surface area contributed by atoms with Crippen LogP contribution in [0.2, 0.25) is 0 Å². The van der Waals surface area contributed by atoms with Crippen molar-refractivity contribution in [2.75, 3.05) is 14.7 Å². The third kappa shape index (κ3) is 6.22. The molecule has 0 spiro atoms. The summed E-state index contributed by atoms with van der Waals surface area (Å²) in [7, 11) is 0. The van der Waals surface area contributed by atoms with Gasteiger partial charge in [0.05, 0.1) is 17.1 Å². The molecule has 0 saturated carbocycles. The Morgan fingerprint density at radius 3 is 0.847 bits per heavy atom. The number of rotatable bonds is 9. The van der Waals surface area contributed by atoms with Crippen molar-refractivity contribution in [1.82, 2.24) is 0 Å². The number of benzene rings is 9. The second kappa shape index (κ2) is 14.5. The zero-order chi connectivity index (χ0) is 39.1. The van der Waals surface area contributed by atoms with Crippen molar-refractivity contribution in [2.45, 2.75) is 0 Å². The highest BCUT2D eigenvalue weighted by Crippen LogP contribution is 2.47. The van der Waals surface area contributed by atoms with Crippen LogP contribution in [0.25, 0.3) is 43.9 Å². The van der Waals surface area contributed by atoms with Gasteiger partial charge in [0.1, 0.15) is 22.3 Å². The molecule has 0 saturated heterocycles. The number of nitrogens with zero attached hydrogens (tertiary/aromatic N) is 3. The van der Waals surface area contributed by atoms with Crippen LogP contribution in [-0.2, 0) is 0 Å². The fraction of sp³-hybridized carbons (Fsp3) is 0. The van der Waals surface area contributed by atoms with E-state index in [1.54, 1.807) is 0 Å². The maximum Gasteiger partial charge on any atom is 0.135 e. The molecule has 280 valence electrons. The molecule has 2 heterocycles. The summed E-state index contributed by atoms with van der Waals surface area (Å²) >= 11 is 0. The summed E-state index contributed by atoms with van der Waals surface area (Å²) in [6.45, 7) is 0. The fourth-order valence-corrected chi connectivity index (χ4v) is 8.32. The van der Waals surface area contributed by atoms with E-state index in [4.69, 9.17) is 8.83 Å². The van der Waals surface area contributed by atoms with Crippen LogP contribution in [0.15, 0.2) is 233 Å². The Hall–Kier alpha value is -8.02. The number of hydrogen-bond donors (Lipinski definition) is 0. The molecule has 59 heavy (non-hydrogen) atoms. The van der Waals surface area contributed by atoms with E-state index in [9.17, 15) is 0 Å². The first-order valence-corrected chi connectivity index (χ1v) is 19.8. The van der Waals surface area contributed by atoms with Gasteiger partial charge in [0.25, 0.3) is 0 Å². The first kappa shape index (κ1) is 34.2. The Kier molecular flexibility index (Phi) is 8.41. The molecule has 0 bridgehead atoms. The molecule has 0 atom stereocenters. The lowest BCUT2D eigenvalue weighted by Crippen LogP contribution is -2.16. The highest BCUT2D eigenvalue weighted by atomic mass is 16.3. The molecule has 0 aliphatic carbocycles. The summed E-state index contributed by atoms with van der Waals surface area (Å²) in [6, 6.07) is 78.7. The minimum Gasteiger partial charge on any atom is -0.456 e. The van der Waals surface area contributed by atoms with Gasteiger partial charge in [-0.25, -0.2) is 0 Å². The van der Waals surface area contributed by atoms with Gasteiger partial charge < -0.3 is 23.5 Å². The van der Waals surface area contributed by atoms with E-state index in [0.29, 0.717) is 0 Å². The highest BCUT2D eigenvalue weighted by Gasteiger charge is 2.23. The first-order chi connectivity index (χ1) is 29.2. The normalized spacial score (nSPS) is 11.4. The Labute approximate surface area is 341 Å². The van der Waals surface area contributed by atoms with Crippen LogP contribution in [0.5, 0.6) is 0 Å². The fourth-order valence-electron chi connectivity index (χ4n) is 8.32. The third-order valence-electron chi connectivity index (χ3n) is 11.0. The van der Waals surface area contributed by atoms with Crippen molar-refractivity contribution in [2.24, 2.45) is 0 Å². The topological polar surface area (TPSA) is 36.0 Å². The van der Waals surface area contributed by atoms with E-state index in [1.807, 2.05) is 24.3 Å². The Bertz CT molecular complexity index is 3020. The third-order valence-corrected chi connectivity index (χ3v) is 11.0. The minimum absolute atomic E-state index is 0.856. The van der Waals surface area contributed by atoms with Gasteiger partial charge in [-0.3, -0.25) is 0 Å². The van der Waals surface area contributed by atoms with E-state index in [2.05, 4.69) is 215 Å². The number of anilines is 9. The number of para-hydroxylation sites is 6. The summed E-state index contributed by atoms with van der Waals surface area (Å²) in [6.07, 6.45) is 0. The lowest BCUT2D eigenvalue weighted by atomic mass is 10.1. The molecule has 0 fully saturated rings. The zero-order valence-electron chi connectivity index (χ0n) is 32.0. The van der Waals surface area contributed by atoms with Gasteiger partial charge in [0.15, 0.2) is 0 Å². The van der Waals surface area contributed by atoms with Gasteiger partial charge in [-0.15, -0.1) is 0 Å². The van der Waals surface area contributed by atoms with Crippen LogP contribution in [0.1, 0.15) is 0 Å². The molecule has 11 aromatic rings. The van der Waals surface area contributed by atoms with Crippen LogP contribution in [-0.4, -0.2) is 0 Å². The lowest BCUT2D eigenvalue weighted by Gasteiger charge is -2.33. The molecule has 11 rings (SSSR count). The maximum absolute atomic E-state index is 6.31. The standard InChI is InChI=1S/C54H37N3O2/c1-5-17-38(18-6-1)55(39-19-7-2-8-20-39)44-33-45(56(40-21-9-3-10-22-40)42-29-31-53-49(36-42)47-25-13-15-27-51(47)58-53)35-46(34-44)57(41-23-11-4-12-24-41)43-30-32-54-50(37-43)48-26-14-16-28-52(48)59-54/h1-37H. The van der Waals surface area contributed by atoms with Gasteiger partial charge in [0.2, 0.25) is 0 Å². The van der Waals surface area contributed by atoms with Crippen LogP contribution < -0.4 is 14.7 Å². The summed E-state index contributed by atoms with van der Waals surface area (Å²) in [4.78, 5) is 7.02. The van der Waals surface area contributed by atoms with Gasteiger partial charge in [-0.2, -0.15) is 0 Å². The average Bonchev–Trinajstić information content (AvgIpc) is 3.86.